The molecular formula is C78H78N14O5. The van der Waals surface area contributed by atoms with Crippen molar-refractivity contribution >= 4 is 46.0 Å². The number of carbonyl (C=O) groups excluding carboxylic acids is 1. The lowest BCUT2D eigenvalue weighted by molar-refractivity contribution is -0.384. The number of carbonyl (C=O) groups is 1. The number of benzene rings is 5. The first-order valence-electron chi connectivity index (χ1n) is 32.3. The Kier molecular flexibility index (Phi) is 25.8. The van der Waals surface area contributed by atoms with Crippen LogP contribution in [0, 0.1) is 94.9 Å². The van der Waals surface area contributed by atoms with Crippen molar-refractivity contribution in [2.75, 3.05) is 137 Å². The van der Waals surface area contributed by atoms with Crippen LogP contribution in [0.4, 0.5) is 40.1 Å². The highest BCUT2D eigenvalue weighted by molar-refractivity contribution is 5.94. The van der Waals surface area contributed by atoms with Gasteiger partial charge in [-0.15, -0.1) is 0 Å². The maximum atomic E-state index is 12.3. The molecule has 19 nitrogen and oxygen atoms in total. The molecule has 490 valence electrons. The van der Waals surface area contributed by atoms with Crippen molar-refractivity contribution in [1.82, 2.24) is 34.6 Å². The fraction of sp³-hybridized carbons (Fsp3) is 0.269. The lowest BCUT2D eigenvalue weighted by atomic mass is 10.1. The predicted octanol–water partition coefficient (Wildman–Crippen LogP) is 11.0. The zero-order valence-corrected chi connectivity index (χ0v) is 55.1. The van der Waals surface area contributed by atoms with Gasteiger partial charge in [-0.25, -0.2) is 19.8 Å². The SMILES string of the molecule is C=C(C#Cc1ccccn1)N1CCN(c2ncccc2[N+](=O)[O-])CC1.Cc1cccc(N2CCN(CC#Cc3ccccc3)CC2)c1[N+](=O)[O-].Cc1ccccc1N1CCN(CC#Cc2ccccc2)CC1.[C-]#[N+]c1ccc(C)nc1N1CCN(C(=O)C#Cc2ccccc2)CC1. The highest BCUT2D eigenvalue weighted by atomic mass is 16.6. The van der Waals surface area contributed by atoms with E-state index in [1.54, 1.807) is 42.4 Å². The number of aryl methyl sites for hydroxylation is 3. The van der Waals surface area contributed by atoms with Gasteiger partial charge < -0.3 is 29.4 Å². The summed E-state index contributed by atoms with van der Waals surface area (Å²) < 4.78 is 0. The summed E-state index contributed by atoms with van der Waals surface area (Å²) in [6.45, 7) is 31.4. The van der Waals surface area contributed by atoms with E-state index in [1.807, 2.05) is 127 Å². The molecule has 0 radical (unpaired) electrons. The van der Waals surface area contributed by atoms with Crippen LogP contribution in [0.15, 0.2) is 201 Å². The summed E-state index contributed by atoms with van der Waals surface area (Å²) in [6, 6.07) is 56.1. The van der Waals surface area contributed by atoms with Gasteiger partial charge in [0, 0.05) is 163 Å². The third-order valence-corrected chi connectivity index (χ3v) is 16.6. The molecule has 7 heterocycles. The quantitative estimate of drug-likeness (QED) is 0.0578. The van der Waals surface area contributed by atoms with Crippen LogP contribution in [0.25, 0.3) is 4.85 Å². The molecule has 5 aromatic carbocycles. The molecule has 0 spiro atoms. The van der Waals surface area contributed by atoms with Gasteiger partial charge in [0.2, 0.25) is 11.5 Å². The number of nitro groups is 2. The van der Waals surface area contributed by atoms with Crippen molar-refractivity contribution in [3.05, 3.63) is 271 Å². The van der Waals surface area contributed by atoms with Crippen LogP contribution in [-0.2, 0) is 4.79 Å². The van der Waals surface area contributed by atoms with Gasteiger partial charge in [0.05, 0.1) is 35.2 Å². The van der Waals surface area contributed by atoms with Crippen molar-refractivity contribution < 1.29 is 14.6 Å². The summed E-state index contributed by atoms with van der Waals surface area (Å²) in [4.78, 5) is 67.6. The van der Waals surface area contributed by atoms with Gasteiger partial charge >= 0.3 is 5.69 Å². The monoisotopic (exact) mass is 1290 g/mol. The molecular weight excluding hydrogens is 1210 g/mol. The molecule has 19 heteroatoms. The first-order valence-corrected chi connectivity index (χ1v) is 32.3. The van der Waals surface area contributed by atoms with Crippen LogP contribution in [0.1, 0.15) is 39.2 Å². The molecule has 4 aliphatic heterocycles. The number of piperazine rings is 4. The van der Waals surface area contributed by atoms with Crippen molar-refractivity contribution in [2.24, 2.45) is 0 Å². The van der Waals surface area contributed by atoms with Crippen LogP contribution >= 0.6 is 0 Å². The molecule has 4 saturated heterocycles. The van der Waals surface area contributed by atoms with Gasteiger partial charge in [-0.2, -0.15) is 0 Å². The number of hydrogen-bond donors (Lipinski definition) is 0. The molecule has 0 saturated carbocycles. The number of pyridine rings is 3. The lowest BCUT2D eigenvalue weighted by Gasteiger charge is -2.36. The van der Waals surface area contributed by atoms with E-state index in [0.717, 1.165) is 99.2 Å². The first kappa shape index (κ1) is 69.5. The number of amides is 1. The third kappa shape index (κ3) is 20.9. The Morgan fingerprint density at radius 2 is 0.979 bits per heavy atom. The van der Waals surface area contributed by atoms with Gasteiger partial charge in [-0.3, -0.25) is 34.8 Å². The molecule has 0 bridgehead atoms. The minimum Gasteiger partial charge on any atom is -0.369 e. The smallest absolute Gasteiger partial charge is 0.311 e. The number of nitro benzene ring substituents is 1. The minimum atomic E-state index is -0.397. The molecule has 4 aliphatic rings. The van der Waals surface area contributed by atoms with Crippen molar-refractivity contribution in [3.8, 4) is 47.4 Å². The number of anilines is 4. The summed E-state index contributed by atoms with van der Waals surface area (Å²) in [7, 11) is 0. The Labute approximate surface area is 569 Å². The molecule has 3 aromatic heterocycles. The van der Waals surface area contributed by atoms with E-state index < -0.39 is 4.92 Å². The molecule has 8 aromatic rings. The number of rotatable bonds is 9. The van der Waals surface area contributed by atoms with Crippen molar-refractivity contribution in [2.45, 2.75) is 20.8 Å². The van der Waals surface area contributed by atoms with Crippen molar-refractivity contribution in [1.29, 1.82) is 0 Å². The average molecular weight is 1290 g/mol. The Morgan fingerprint density at radius 1 is 0.485 bits per heavy atom. The number of para-hydroxylation sites is 2. The van der Waals surface area contributed by atoms with Gasteiger partial charge in [0.15, 0.2) is 0 Å². The van der Waals surface area contributed by atoms with Crippen LogP contribution in [0.5, 0.6) is 0 Å². The topological polar surface area (TPSA) is 172 Å². The van der Waals surface area contributed by atoms with E-state index in [1.165, 1.54) is 17.3 Å². The Morgan fingerprint density at radius 3 is 1.53 bits per heavy atom. The Hall–Kier alpha value is -11.8. The standard InChI is InChI=1S/C20H18N4O.C20H21N3O2.C20H22N2.C18H17N5O2/c1-16-8-10-18(21-2)20(22-16)24-14-12-23(13-15-24)19(25)11-9-17-6-4-3-5-7-17;1-17-7-5-11-19(20(17)23(24)25)22-15-13-21(14-16-22)12-6-10-18-8-3-2-4-9-18;1-18-8-5-6-12-20(18)22-16-14-21(15-17-22)13-7-11-19-9-3-2-4-10-19;1-15(7-8-16-5-2-3-9-19-16)21-11-13-22(14-12-21)18-17(23(24)25)6-4-10-20-18/h3-8,10H,12-15H2,1H3;2-5,7-9,11H,12-16H2,1H3;2-6,8-10,12H,13-17H2,1H3;2-6,9-10H,1,11-14H2. The summed E-state index contributed by atoms with van der Waals surface area (Å²) >= 11 is 0. The Bertz CT molecular complexity index is 4260. The molecule has 4 fully saturated rings. The number of hydrogen-bond acceptors (Lipinski definition) is 15. The Balaban J connectivity index is 0.000000152. The normalized spacial score (nSPS) is 14.3. The zero-order valence-electron chi connectivity index (χ0n) is 55.1. The third-order valence-electron chi connectivity index (χ3n) is 16.6. The first-order chi connectivity index (χ1) is 47.3. The zero-order chi connectivity index (χ0) is 68.1. The van der Waals surface area contributed by atoms with Gasteiger partial charge in [-0.1, -0.05) is 139 Å². The molecule has 0 atom stereocenters. The summed E-state index contributed by atoms with van der Waals surface area (Å²) in [5.41, 5.74) is 10.2. The molecule has 0 N–H and O–H groups in total. The molecule has 0 aliphatic carbocycles. The maximum Gasteiger partial charge on any atom is 0.311 e. The lowest BCUT2D eigenvalue weighted by Crippen LogP contribution is -2.48. The van der Waals surface area contributed by atoms with E-state index >= 15 is 0 Å². The number of aromatic nitrogens is 3. The van der Waals surface area contributed by atoms with E-state index in [4.69, 9.17) is 6.57 Å². The molecule has 12 rings (SSSR count). The predicted molar refractivity (Wildman–Crippen MR) is 385 cm³/mol. The second-order valence-electron chi connectivity index (χ2n) is 23.1. The van der Waals surface area contributed by atoms with E-state index in [0.29, 0.717) is 80.9 Å². The number of nitrogens with zero attached hydrogens (tertiary/aromatic N) is 14. The fourth-order valence-electron chi connectivity index (χ4n) is 11.2. The van der Waals surface area contributed by atoms with Gasteiger partial charge in [-0.05, 0) is 105 Å². The summed E-state index contributed by atoms with van der Waals surface area (Å²) in [5.74, 6) is 25.5. The van der Waals surface area contributed by atoms with Crippen LogP contribution in [-0.4, -0.2) is 168 Å². The molecule has 1 amide bonds. The molecule has 0 unspecified atom stereocenters. The van der Waals surface area contributed by atoms with Crippen LogP contribution in [0.2, 0.25) is 0 Å². The van der Waals surface area contributed by atoms with Crippen molar-refractivity contribution in [3.63, 3.8) is 0 Å². The maximum absolute atomic E-state index is 12.3. The average Bonchev–Trinajstić information content (AvgIpc) is 1.31. The summed E-state index contributed by atoms with van der Waals surface area (Å²) in [5, 5.41) is 22.5. The summed E-state index contributed by atoms with van der Waals surface area (Å²) in [6.07, 6.45) is 3.28. The van der Waals surface area contributed by atoms with Gasteiger partial charge in [0.1, 0.15) is 17.2 Å². The second-order valence-corrected chi connectivity index (χ2v) is 23.1. The van der Waals surface area contributed by atoms with Crippen LogP contribution in [0.3, 0.4) is 0 Å². The van der Waals surface area contributed by atoms with Gasteiger partial charge in [0.25, 0.3) is 11.6 Å². The van der Waals surface area contributed by atoms with E-state index in [2.05, 4.69) is 146 Å². The minimum absolute atomic E-state index is 0.0321. The highest BCUT2D eigenvalue weighted by Crippen LogP contribution is 2.33. The van der Waals surface area contributed by atoms with Crippen LogP contribution < -0.4 is 19.6 Å². The van der Waals surface area contributed by atoms with E-state index in [9.17, 15) is 25.0 Å². The number of allylic oxidation sites excluding steroid dienone is 1. The molecule has 97 heavy (non-hydrogen) atoms. The fourth-order valence-corrected chi connectivity index (χ4v) is 11.2. The second kappa shape index (κ2) is 36.0. The van der Waals surface area contributed by atoms with E-state index in [-0.39, 0.29) is 22.2 Å². The highest BCUT2D eigenvalue weighted by Gasteiger charge is 2.28. The largest absolute Gasteiger partial charge is 0.369 e.